The highest BCUT2D eigenvalue weighted by molar-refractivity contribution is 5.58. The van der Waals surface area contributed by atoms with Crippen molar-refractivity contribution in [1.29, 1.82) is 0 Å². The number of pyridine rings is 2. The molecular formula is C16H14F3N3O. The van der Waals surface area contributed by atoms with Crippen LogP contribution < -0.4 is 4.74 Å². The van der Waals surface area contributed by atoms with Gasteiger partial charge >= 0.3 is 6.18 Å². The lowest BCUT2D eigenvalue weighted by Gasteiger charge is -2.08. The summed E-state index contributed by atoms with van der Waals surface area (Å²) in [4.78, 5) is 3.95. The van der Waals surface area contributed by atoms with Crippen LogP contribution in [0, 0.1) is 0 Å². The van der Waals surface area contributed by atoms with Crippen molar-refractivity contribution in [1.82, 2.24) is 14.6 Å². The molecule has 0 saturated carbocycles. The molecule has 4 nitrogen and oxygen atoms in total. The van der Waals surface area contributed by atoms with Crippen LogP contribution in [-0.2, 0) is 19.0 Å². The number of hydrogen-bond acceptors (Lipinski definition) is 3. The topological polar surface area (TPSA) is 39.4 Å². The molecule has 3 aromatic heterocycles. The smallest absolute Gasteiger partial charge is 0.435 e. The molecule has 3 aromatic rings. The molecule has 7 heteroatoms. The second-order valence-electron chi connectivity index (χ2n) is 5.08. The van der Waals surface area contributed by atoms with Crippen LogP contribution in [0.4, 0.5) is 13.2 Å². The highest BCUT2D eigenvalue weighted by atomic mass is 19.4. The standard InChI is InChI=1S/C16H14F3N3O/c1-23-15-5-4-12(3-2-11-6-8-20-9-7-11)13-10-14(16(17,18)19)21-22(13)15/h4-10H,2-3H2,1H3. The number of aryl methyl sites for hydroxylation is 2. The predicted octanol–water partition coefficient (Wildman–Crippen LogP) is 3.54. The molecule has 0 saturated heterocycles. The van der Waals surface area contributed by atoms with Gasteiger partial charge in [-0.15, -0.1) is 0 Å². The normalized spacial score (nSPS) is 11.8. The van der Waals surface area contributed by atoms with Crippen LogP contribution in [0.5, 0.6) is 5.88 Å². The lowest BCUT2D eigenvalue weighted by Crippen LogP contribution is -2.06. The van der Waals surface area contributed by atoms with E-state index in [-0.39, 0.29) is 5.88 Å². The Morgan fingerprint density at radius 2 is 1.83 bits per heavy atom. The van der Waals surface area contributed by atoms with Crippen molar-refractivity contribution in [3.8, 4) is 5.88 Å². The number of aromatic nitrogens is 3. The lowest BCUT2D eigenvalue weighted by molar-refractivity contribution is -0.141. The Balaban J connectivity index is 1.98. The third kappa shape index (κ3) is 3.13. The van der Waals surface area contributed by atoms with E-state index in [4.69, 9.17) is 4.74 Å². The van der Waals surface area contributed by atoms with E-state index in [0.29, 0.717) is 18.4 Å². The molecule has 0 unspecified atom stereocenters. The molecule has 0 aliphatic carbocycles. The number of nitrogens with zero attached hydrogens (tertiary/aromatic N) is 3. The molecule has 0 aliphatic heterocycles. The van der Waals surface area contributed by atoms with Crippen molar-refractivity contribution in [3.63, 3.8) is 0 Å². The van der Waals surface area contributed by atoms with E-state index in [1.807, 2.05) is 12.1 Å². The van der Waals surface area contributed by atoms with Gasteiger partial charge in [0.05, 0.1) is 12.6 Å². The van der Waals surface area contributed by atoms with Gasteiger partial charge in [0.2, 0.25) is 5.88 Å². The SMILES string of the molecule is COc1ccc(CCc2ccncc2)c2cc(C(F)(F)F)nn12. The number of rotatable bonds is 4. The zero-order valence-corrected chi connectivity index (χ0v) is 12.3. The maximum absolute atomic E-state index is 12.9. The number of halogens is 3. The van der Waals surface area contributed by atoms with Gasteiger partial charge in [-0.3, -0.25) is 4.98 Å². The van der Waals surface area contributed by atoms with Crippen LogP contribution in [0.25, 0.3) is 5.52 Å². The monoisotopic (exact) mass is 321 g/mol. The molecule has 120 valence electrons. The van der Waals surface area contributed by atoms with Crippen LogP contribution in [0.1, 0.15) is 16.8 Å². The molecule has 0 aliphatic rings. The molecular weight excluding hydrogens is 307 g/mol. The summed E-state index contributed by atoms with van der Waals surface area (Å²) in [5.74, 6) is 0.267. The largest absolute Gasteiger partial charge is 0.481 e. The minimum Gasteiger partial charge on any atom is -0.481 e. The second kappa shape index (κ2) is 5.91. The van der Waals surface area contributed by atoms with Gasteiger partial charge in [-0.05, 0) is 42.2 Å². The Bertz CT molecular complexity index is 813. The number of hydrogen-bond donors (Lipinski definition) is 0. The molecule has 0 radical (unpaired) electrons. The average Bonchev–Trinajstić information content (AvgIpc) is 2.99. The number of alkyl halides is 3. The Kier molecular flexibility index (Phi) is 3.94. The summed E-state index contributed by atoms with van der Waals surface area (Å²) in [5.41, 5.74) is 1.34. The van der Waals surface area contributed by atoms with Gasteiger partial charge in [0, 0.05) is 18.5 Å². The first kappa shape index (κ1) is 15.3. The average molecular weight is 321 g/mol. The first-order valence-electron chi connectivity index (χ1n) is 7.01. The quantitative estimate of drug-likeness (QED) is 0.738. The summed E-state index contributed by atoms with van der Waals surface area (Å²) in [6.45, 7) is 0. The fourth-order valence-electron chi connectivity index (χ4n) is 2.44. The minimum atomic E-state index is -4.49. The maximum atomic E-state index is 12.9. The van der Waals surface area contributed by atoms with Crippen LogP contribution in [0.15, 0.2) is 42.7 Å². The lowest BCUT2D eigenvalue weighted by atomic mass is 10.1. The predicted molar refractivity (Wildman–Crippen MR) is 78.4 cm³/mol. The third-order valence-corrected chi connectivity index (χ3v) is 3.61. The maximum Gasteiger partial charge on any atom is 0.435 e. The van der Waals surface area contributed by atoms with E-state index < -0.39 is 11.9 Å². The molecule has 0 atom stereocenters. The Morgan fingerprint density at radius 1 is 1.09 bits per heavy atom. The van der Waals surface area contributed by atoms with Crippen LogP contribution in [0.3, 0.4) is 0 Å². The van der Waals surface area contributed by atoms with E-state index in [0.717, 1.165) is 17.2 Å². The minimum absolute atomic E-state index is 0.267. The molecule has 0 spiro atoms. The van der Waals surface area contributed by atoms with E-state index >= 15 is 0 Å². The fourth-order valence-corrected chi connectivity index (χ4v) is 2.44. The van der Waals surface area contributed by atoms with E-state index in [2.05, 4.69) is 10.1 Å². The molecule has 0 bridgehead atoms. The van der Waals surface area contributed by atoms with Gasteiger partial charge in [0.1, 0.15) is 0 Å². The van der Waals surface area contributed by atoms with Crippen molar-refractivity contribution in [2.75, 3.05) is 7.11 Å². The van der Waals surface area contributed by atoms with Crippen molar-refractivity contribution in [2.24, 2.45) is 0 Å². The molecule has 3 rings (SSSR count). The van der Waals surface area contributed by atoms with E-state index in [1.54, 1.807) is 24.5 Å². The van der Waals surface area contributed by atoms with Crippen LogP contribution in [-0.4, -0.2) is 21.7 Å². The molecule has 0 N–H and O–H groups in total. The Labute approximate surface area is 130 Å². The number of fused-ring (bicyclic) bond motifs is 1. The second-order valence-corrected chi connectivity index (χ2v) is 5.08. The van der Waals surface area contributed by atoms with Crippen LogP contribution in [0.2, 0.25) is 0 Å². The van der Waals surface area contributed by atoms with Crippen LogP contribution >= 0.6 is 0 Å². The van der Waals surface area contributed by atoms with Crippen molar-refractivity contribution >= 4 is 5.52 Å². The summed E-state index contributed by atoms with van der Waals surface area (Å²) < 4.78 is 45.1. The summed E-state index contributed by atoms with van der Waals surface area (Å²) in [7, 11) is 1.40. The van der Waals surface area contributed by atoms with Crippen molar-refractivity contribution in [3.05, 3.63) is 59.5 Å². The van der Waals surface area contributed by atoms with Crippen molar-refractivity contribution in [2.45, 2.75) is 19.0 Å². The summed E-state index contributed by atoms with van der Waals surface area (Å²) in [5, 5.41) is 3.63. The Morgan fingerprint density at radius 3 is 2.48 bits per heavy atom. The summed E-state index contributed by atoms with van der Waals surface area (Å²) in [6.07, 6.45) is 0.204. The highest BCUT2D eigenvalue weighted by Crippen LogP contribution is 2.31. The fraction of sp³-hybridized carbons (Fsp3) is 0.250. The zero-order valence-electron chi connectivity index (χ0n) is 12.3. The van der Waals surface area contributed by atoms with Gasteiger partial charge in [-0.25, -0.2) is 4.52 Å². The molecule has 23 heavy (non-hydrogen) atoms. The Hall–Kier alpha value is -2.57. The number of methoxy groups -OCH3 is 1. The first-order chi connectivity index (χ1) is 11.0. The van der Waals surface area contributed by atoms with Gasteiger partial charge in [-0.2, -0.15) is 18.3 Å². The van der Waals surface area contributed by atoms with Gasteiger partial charge in [0.15, 0.2) is 5.69 Å². The van der Waals surface area contributed by atoms with Gasteiger partial charge < -0.3 is 4.74 Å². The molecule has 3 heterocycles. The number of ether oxygens (including phenoxy) is 1. The van der Waals surface area contributed by atoms with E-state index in [9.17, 15) is 13.2 Å². The van der Waals surface area contributed by atoms with Crippen molar-refractivity contribution < 1.29 is 17.9 Å². The van der Waals surface area contributed by atoms with Gasteiger partial charge in [-0.1, -0.05) is 6.07 Å². The highest BCUT2D eigenvalue weighted by Gasteiger charge is 2.34. The molecule has 0 amide bonds. The van der Waals surface area contributed by atoms with E-state index in [1.165, 1.54) is 11.6 Å². The zero-order chi connectivity index (χ0) is 16.4. The molecule has 0 fully saturated rings. The summed E-state index contributed by atoms with van der Waals surface area (Å²) >= 11 is 0. The summed E-state index contributed by atoms with van der Waals surface area (Å²) in [6, 6.07) is 8.24. The van der Waals surface area contributed by atoms with Gasteiger partial charge in [0.25, 0.3) is 0 Å². The third-order valence-electron chi connectivity index (χ3n) is 3.61. The molecule has 0 aromatic carbocycles. The first-order valence-corrected chi connectivity index (χ1v) is 7.01.